The highest BCUT2D eigenvalue weighted by molar-refractivity contribution is 6.30. The Morgan fingerprint density at radius 3 is 2.18 bits per heavy atom. The quantitative estimate of drug-likeness (QED) is 0.438. The molecule has 0 saturated carbocycles. The van der Waals surface area contributed by atoms with Gasteiger partial charge in [0.25, 0.3) is 5.95 Å². The molecule has 6 rings (SSSR count). The number of imide groups is 1. The van der Waals surface area contributed by atoms with Gasteiger partial charge in [-0.15, -0.1) is 5.10 Å². The Balaban J connectivity index is 1.40. The highest BCUT2D eigenvalue weighted by Crippen LogP contribution is 2.41. The smallest absolute Gasteiger partial charge is 0.260 e. The first-order valence-corrected chi connectivity index (χ1v) is 11.6. The Bertz CT molecular complexity index is 1280. The lowest BCUT2D eigenvalue weighted by Crippen LogP contribution is -2.32. The lowest BCUT2D eigenvalue weighted by Gasteiger charge is -2.31. The van der Waals surface area contributed by atoms with Crippen LogP contribution in [0.1, 0.15) is 42.5 Å². The van der Waals surface area contributed by atoms with E-state index in [2.05, 4.69) is 15.4 Å². The van der Waals surface area contributed by atoms with Gasteiger partial charge in [0, 0.05) is 5.02 Å². The molecule has 3 heterocycles. The van der Waals surface area contributed by atoms with Crippen LogP contribution in [0.5, 0.6) is 0 Å². The number of nitrogens with one attached hydrogen (secondary N) is 1. The summed E-state index contributed by atoms with van der Waals surface area (Å²) in [5, 5.41) is 8.64. The van der Waals surface area contributed by atoms with Crippen molar-refractivity contribution < 1.29 is 14.0 Å². The molecule has 0 bridgehead atoms. The molecule has 3 aromatic rings. The van der Waals surface area contributed by atoms with E-state index in [0.717, 1.165) is 16.0 Å². The molecule has 1 saturated heterocycles. The number of benzene rings is 2. The fourth-order valence-electron chi connectivity index (χ4n) is 5.13. The minimum absolute atomic E-state index is 0.0794. The van der Waals surface area contributed by atoms with Crippen molar-refractivity contribution in [2.45, 2.75) is 31.3 Å². The zero-order valence-corrected chi connectivity index (χ0v) is 18.8. The molecule has 1 aliphatic carbocycles. The topological polar surface area (TPSA) is 80.1 Å². The number of fused-ring (bicyclic) bond motifs is 2. The van der Waals surface area contributed by atoms with E-state index in [1.54, 1.807) is 16.8 Å². The summed E-state index contributed by atoms with van der Waals surface area (Å²) in [6, 6.07) is 13.4. The van der Waals surface area contributed by atoms with Crippen LogP contribution in [0.3, 0.4) is 0 Å². The second-order valence-electron chi connectivity index (χ2n) is 8.90. The number of carbonyl (C=O) groups is 2. The molecule has 2 aromatic carbocycles. The molecule has 2 amide bonds. The molecule has 2 aliphatic heterocycles. The van der Waals surface area contributed by atoms with Crippen molar-refractivity contribution in [2.75, 3.05) is 10.2 Å². The molecule has 9 heteroatoms. The van der Waals surface area contributed by atoms with E-state index in [-0.39, 0.29) is 47.5 Å². The molecule has 34 heavy (non-hydrogen) atoms. The first kappa shape index (κ1) is 21.0. The third-order valence-electron chi connectivity index (χ3n) is 6.91. The minimum Gasteiger partial charge on any atom is -0.347 e. The molecule has 1 aromatic heterocycles. The number of hydrogen-bond acceptors (Lipinski definition) is 5. The van der Waals surface area contributed by atoms with Crippen LogP contribution in [-0.4, -0.2) is 26.6 Å². The van der Waals surface area contributed by atoms with Gasteiger partial charge in [0.15, 0.2) is 0 Å². The van der Waals surface area contributed by atoms with Crippen molar-refractivity contribution in [3.63, 3.8) is 0 Å². The average molecular weight is 478 g/mol. The van der Waals surface area contributed by atoms with Crippen LogP contribution in [0.4, 0.5) is 16.3 Å². The molecule has 0 unspecified atom stereocenters. The van der Waals surface area contributed by atoms with Crippen molar-refractivity contribution in [3.05, 3.63) is 82.6 Å². The molecule has 172 valence electrons. The number of anilines is 2. The molecule has 1 fully saturated rings. The Morgan fingerprint density at radius 1 is 0.912 bits per heavy atom. The highest BCUT2D eigenvalue weighted by atomic mass is 35.5. The van der Waals surface area contributed by atoms with Gasteiger partial charge in [-0.3, -0.25) is 9.59 Å². The molecule has 3 aliphatic rings. The number of rotatable bonds is 3. The third-order valence-corrected chi connectivity index (χ3v) is 7.16. The van der Waals surface area contributed by atoms with Gasteiger partial charge >= 0.3 is 0 Å². The predicted octanol–water partition coefficient (Wildman–Crippen LogP) is 4.67. The van der Waals surface area contributed by atoms with E-state index in [9.17, 15) is 14.0 Å². The maximum absolute atomic E-state index is 13.6. The number of halogens is 2. The maximum Gasteiger partial charge on any atom is 0.260 e. The second kappa shape index (κ2) is 8.06. The van der Waals surface area contributed by atoms with Crippen LogP contribution in [-0.2, 0) is 9.59 Å². The zero-order chi connectivity index (χ0) is 23.4. The summed E-state index contributed by atoms with van der Waals surface area (Å²) in [6.45, 7) is 0. The first-order chi connectivity index (χ1) is 16.5. The van der Waals surface area contributed by atoms with Crippen LogP contribution in [0.25, 0.3) is 0 Å². The van der Waals surface area contributed by atoms with Gasteiger partial charge in [-0.05, 0) is 54.7 Å². The van der Waals surface area contributed by atoms with Gasteiger partial charge in [-0.1, -0.05) is 48.0 Å². The lowest BCUT2D eigenvalue weighted by molar-refractivity contribution is -0.122. The van der Waals surface area contributed by atoms with Gasteiger partial charge in [0.05, 0.1) is 23.9 Å². The summed E-state index contributed by atoms with van der Waals surface area (Å²) in [7, 11) is 0. The van der Waals surface area contributed by atoms with Crippen molar-refractivity contribution in [1.29, 1.82) is 0 Å². The van der Waals surface area contributed by atoms with E-state index >= 15 is 0 Å². The zero-order valence-electron chi connectivity index (χ0n) is 18.1. The van der Waals surface area contributed by atoms with Crippen molar-refractivity contribution in [3.8, 4) is 0 Å². The van der Waals surface area contributed by atoms with E-state index in [1.165, 1.54) is 12.1 Å². The largest absolute Gasteiger partial charge is 0.347 e. The van der Waals surface area contributed by atoms with Crippen LogP contribution < -0.4 is 10.2 Å². The van der Waals surface area contributed by atoms with Gasteiger partial charge < -0.3 is 5.32 Å². The van der Waals surface area contributed by atoms with Crippen molar-refractivity contribution >= 4 is 35.3 Å². The third kappa shape index (κ3) is 3.40. The van der Waals surface area contributed by atoms with Gasteiger partial charge in [0.2, 0.25) is 17.8 Å². The summed E-state index contributed by atoms with van der Waals surface area (Å²) in [5.41, 5.74) is 1.87. The monoisotopic (exact) mass is 477 g/mol. The van der Waals surface area contributed by atoms with E-state index in [0.29, 0.717) is 30.2 Å². The molecule has 0 spiro atoms. The Kier molecular flexibility index (Phi) is 4.99. The van der Waals surface area contributed by atoms with Crippen molar-refractivity contribution in [2.24, 2.45) is 11.8 Å². The predicted molar refractivity (Wildman–Crippen MR) is 125 cm³/mol. The number of amides is 2. The van der Waals surface area contributed by atoms with Crippen LogP contribution in [0, 0.1) is 17.7 Å². The second-order valence-corrected chi connectivity index (χ2v) is 9.34. The van der Waals surface area contributed by atoms with Gasteiger partial charge in [0.1, 0.15) is 5.82 Å². The lowest BCUT2D eigenvalue weighted by atomic mass is 9.85. The van der Waals surface area contributed by atoms with Crippen molar-refractivity contribution in [1.82, 2.24) is 14.8 Å². The minimum atomic E-state index is -0.360. The number of nitrogens with zero attached hydrogens (tertiary/aromatic N) is 4. The van der Waals surface area contributed by atoms with Gasteiger partial charge in [-0.2, -0.15) is 4.98 Å². The summed E-state index contributed by atoms with van der Waals surface area (Å²) in [6.07, 6.45) is 5.61. The number of carbonyl (C=O) groups excluding carboxylic acids is 2. The van der Waals surface area contributed by atoms with E-state index in [1.807, 2.05) is 36.4 Å². The summed E-state index contributed by atoms with van der Waals surface area (Å²) in [4.78, 5) is 31.9. The molecule has 7 nitrogen and oxygen atoms in total. The fraction of sp³-hybridized carbons (Fsp3) is 0.280. The van der Waals surface area contributed by atoms with Crippen LogP contribution in [0.15, 0.2) is 60.7 Å². The summed E-state index contributed by atoms with van der Waals surface area (Å²) in [5.74, 6) is -1.03. The molecular weight excluding hydrogens is 457 g/mol. The SMILES string of the molecule is O=C1[C@H]2CC=CC[C@H]2C(=O)N1c1nc2n(n1)[C@@H](c1ccc(F)cc1)C[C@@H](c1ccc(Cl)cc1)N2. The summed E-state index contributed by atoms with van der Waals surface area (Å²) < 4.78 is 15.3. The molecular formula is C25H21ClFN5O2. The van der Waals surface area contributed by atoms with Crippen LogP contribution >= 0.6 is 11.6 Å². The summed E-state index contributed by atoms with van der Waals surface area (Å²) >= 11 is 6.07. The Morgan fingerprint density at radius 2 is 1.53 bits per heavy atom. The Labute approximate surface area is 200 Å². The number of hydrogen-bond donors (Lipinski definition) is 1. The molecule has 4 atom stereocenters. The maximum atomic E-state index is 13.6. The average Bonchev–Trinajstić information content (AvgIpc) is 3.38. The molecule has 0 radical (unpaired) electrons. The standard InChI is InChI=1S/C25H21ClFN5O2/c26-16-9-5-14(6-10-16)20-13-21(15-7-11-17(27)12-8-15)32-24(28-20)29-25(30-32)31-22(33)18-3-1-2-4-19(18)23(31)34/h1-2,5-12,18-21H,3-4,13H2,(H,28,29,30)/t18-,19+,20-,21+/m0/s1. The number of aromatic nitrogens is 3. The molecule has 1 N–H and O–H groups in total. The van der Waals surface area contributed by atoms with E-state index < -0.39 is 0 Å². The normalized spacial score (nSPS) is 25.8. The number of allylic oxidation sites excluding steroid dienone is 2. The Hall–Kier alpha value is -3.52. The fourth-order valence-corrected chi connectivity index (χ4v) is 5.26. The first-order valence-electron chi connectivity index (χ1n) is 11.3. The van der Waals surface area contributed by atoms with Gasteiger partial charge in [-0.25, -0.2) is 14.0 Å². The van der Waals surface area contributed by atoms with Crippen LogP contribution in [0.2, 0.25) is 5.02 Å². The van der Waals surface area contributed by atoms with E-state index in [4.69, 9.17) is 11.6 Å². The highest BCUT2D eigenvalue weighted by Gasteiger charge is 2.49.